The molecule has 0 atom stereocenters. The van der Waals surface area contributed by atoms with E-state index in [0.29, 0.717) is 0 Å². The summed E-state index contributed by atoms with van der Waals surface area (Å²) < 4.78 is 5.62. The van der Waals surface area contributed by atoms with Crippen LogP contribution in [-0.2, 0) is 11.2 Å². The van der Waals surface area contributed by atoms with Gasteiger partial charge in [0.15, 0.2) is 5.96 Å². The van der Waals surface area contributed by atoms with Crippen LogP contribution >= 0.6 is 0 Å². The Morgan fingerprint density at radius 3 is 2.72 bits per heavy atom. The van der Waals surface area contributed by atoms with E-state index in [2.05, 4.69) is 31.6 Å². The van der Waals surface area contributed by atoms with Gasteiger partial charge in [0.25, 0.3) is 0 Å². The topological polar surface area (TPSA) is 61.8 Å². The van der Waals surface area contributed by atoms with Crippen LogP contribution in [-0.4, -0.2) is 67.8 Å². The first kappa shape index (κ1) is 18.1. The van der Waals surface area contributed by atoms with Gasteiger partial charge in [0.05, 0.1) is 0 Å². The molecule has 138 valence electrons. The van der Waals surface area contributed by atoms with Crippen LogP contribution in [0.2, 0.25) is 0 Å². The average molecular weight is 345 g/mol. The highest BCUT2D eigenvalue weighted by molar-refractivity contribution is 5.79. The van der Waals surface area contributed by atoms with E-state index in [9.17, 15) is 0 Å². The Kier molecular flexibility index (Phi) is 6.64. The Balaban J connectivity index is 1.50. The molecule has 3 heterocycles. The Labute approximate surface area is 151 Å². The van der Waals surface area contributed by atoms with E-state index in [1.54, 1.807) is 0 Å². The lowest BCUT2D eigenvalue weighted by Gasteiger charge is -2.45. The summed E-state index contributed by atoms with van der Waals surface area (Å²) in [6.45, 7) is 5.92. The van der Waals surface area contributed by atoms with Gasteiger partial charge < -0.3 is 15.4 Å². The SMILES string of the molecule is CN=C(NCCc1ccccn1)NCC1(N2CCCC2)CCOCC1. The predicted octanol–water partition coefficient (Wildman–Crippen LogP) is 1.43. The van der Waals surface area contributed by atoms with Crippen LogP contribution in [0.25, 0.3) is 0 Å². The lowest BCUT2D eigenvalue weighted by Crippen LogP contribution is -2.58. The highest BCUT2D eigenvalue weighted by Gasteiger charge is 2.39. The number of aliphatic imine (C=N–C) groups is 1. The zero-order valence-corrected chi connectivity index (χ0v) is 15.3. The van der Waals surface area contributed by atoms with E-state index in [4.69, 9.17) is 4.74 Å². The molecule has 0 bridgehead atoms. The van der Waals surface area contributed by atoms with Crippen molar-refractivity contribution in [2.45, 2.75) is 37.6 Å². The van der Waals surface area contributed by atoms with E-state index in [1.807, 2.05) is 25.4 Å². The maximum Gasteiger partial charge on any atom is 0.191 e. The molecule has 0 saturated carbocycles. The number of nitrogens with one attached hydrogen (secondary N) is 2. The first-order valence-corrected chi connectivity index (χ1v) is 9.50. The minimum Gasteiger partial charge on any atom is -0.381 e. The van der Waals surface area contributed by atoms with Gasteiger partial charge in [0.2, 0.25) is 0 Å². The van der Waals surface area contributed by atoms with Crippen LogP contribution in [0, 0.1) is 0 Å². The molecular formula is C19H31N5O. The highest BCUT2D eigenvalue weighted by Crippen LogP contribution is 2.30. The fourth-order valence-corrected chi connectivity index (χ4v) is 3.87. The zero-order chi connectivity index (χ0) is 17.4. The molecule has 2 fully saturated rings. The second-order valence-electron chi connectivity index (χ2n) is 6.95. The van der Waals surface area contributed by atoms with Gasteiger partial charge in [-0.25, -0.2) is 0 Å². The van der Waals surface area contributed by atoms with Crippen LogP contribution in [0.3, 0.4) is 0 Å². The number of rotatable bonds is 6. The number of hydrogen-bond donors (Lipinski definition) is 2. The molecule has 0 aliphatic carbocycles. The van der Waals surface area contributed by atoms with Crippen molar-refractivity contribution in [3.05, 3.63) is 30.1 Å². The third-order valence-corrected chi connectivity index (χ3v) is 5.41. The second-order valence-corrected chi connectivity index (χ2v) is 6.95. The fourth-order valence-electron chi connectivity index (χ4n) is 3.87. The van der Waals surface area contributed by atoms with E-state index >= 15 is 0 Å². The minimum atomic E-state index is 0.216. The van der Waals surface area contributed by atoms with E-state index < -0.39 is 0 Å². The number of likely N-dealkylation sites (tertiary alicyclic amines) is 1. The van der Waals surface area contributed by atoms with Crippen molar-refractivity contribution in [1.82, 2.24) is 20.5 Å². The first-order chi connectivity index (χ1) is 12.3. The van der Waals surface area contributed by atoms with Crippen molar-refractivity contribution in [1.29, 1.82) is 0 Å². The third kappa shape index (κ3) is 4.92. The van der Waals surface area contributed by atoms with Crippen LogP contribution in [0.15, 0.2) is 29.4 Å². The van der Waals surface area contributed by atoms with Crippen LogP contribution in [0.1, 0.15) is 31.4 Å². The summed E-state index contributed by atoms with van der Waals surface area (Å²) in [6.07, 6.45) is 7.58. The van der Waals surface area contributed by atoms with Gasteiger partial charge in [-0.05, 0) is 50.9 Å². The lowest BCUT2D eigenvalue weighted by molar-refractivity contribution is -0.0164. The fraction of sp³-hybridized carbons (Fsp3) is 0.684. The molecule has 6 nitrogen and oxygen atoms in total. The van der Waals surface area contributed by atoms with Gasteiger partial charge >= 0.3 is 0 Å². The monoisotopic (exact) mass is 345 g/mol. The van der Waals surface area contributed by atoms with Crippen molar-refractivity contribution in [3.63, 3.8) is 0 Å². The number of aromatic nitrogens is 1. The predicted molar refractivity (Wildman–Crippen MR) is 101 cm³/mol. The van der Waals surface area contributed by atoms with Gasteiger partial charge in [-0.3, -0.25) is 14.9 Å². The quantitative estimate of drug-likeness (QED) is 0.603. The Morgan fingerprint density at radius 1 is 1.24 bits per heavy atom. The Bertz CT molecular complexity index is 536. The molecule has 6 heteroatoms. The highest BCUT2D eigenvalue weighted by atomic mass is 16.5. The zero-order valence-electron chi connectivity index (χ0n) is 15.3. The van der Waals surface area contributed by atoms with Gasteiger partial charge in [-0.1, -0.05) is 6.07 Å². The minimum absolute atomic E-state index is 0.216. The maximum atomic E-state index is 5.62. The number of ether oxygens (including phenoxy) is 1. The summed E-state index contributed by atoms with van der Waals surface area (Å²) in [5, 5.41) is 6.98. The summed E-state index contributed by atoms with van der Waals surface area (Å²) in [6, 6.07) is 6.03. The van der Waals surface area contributed by atoms with Crippen molar-refractivity contribution in [3.8, 4) is 0 Å². The van der Waals surface area contributed by atoms with E-state index in [1.165, 1.54) is 25.9 Å². The largest absolute Gasteiger partial charge is 0.381 e. The summed E-state index contributed by atoms with van der Waals surface area (Å²) >= 11 is 0. The molecule has 0 aromatic carbocycles. The molecular weight excluding hydrogens is 314 g/mol. The van der Waals surface area contributed by atoms with Crippen LogP contribution in [0.4, 0.5) is 0 Å². The lowest BCUT2D eigenvalue weighted by atomic mass is 9.88. The number of nitrogens with zero attached hydrogens (tertiary/aromatic N) is 3. The van der Waals surface area contributed by atoms with Crippen molar-refractivity contribution >= 4 is 5.96 Å². The number of hydrogen-bond acceptors (Lipinski definition) is 4. The van der Waals surface area contributed by atoms with Crippen LogP contribution < -0.4 is 10.6 Å². The van der Waals surface area contributed by atoms with Crippen molar-refractivity contribution in [2.24, 2.45) is 4.99 Å². The Morgan fingerprint density at radius 2 is 2.04 bits per heavy atom. The molecule has 2 N–H and O–H groups in total. The second kappa shape index (κ2) is 9.15. The summed E-state index contributed by atoms with van der Waals surface area (Å²) in [4.78, 5) is 11.4. The standard InChI is InChI=1S/C19H31N5O/c1-20-18(22-11-7-17-6-2-3-10-21-17)23-16-19(8-14-25-15-9-19)24-12-4-5-13-24/h2-3,6,10H,4-5,7-9,11-16H2,1H3,(H2,20,22,23). The maximum absolute atomic E-state index is 5.62. The first-order valence-electron chi connectivity index (χ1n) is 9.50. The summed E-state index contributed by atoms with van der Waals surface area (Å²) in [5.74, 6) is 0.876. The van der Waals surface area contributed by atoms with E-state index in [-0.39, 0.29) is 5.54 Å². The van der Waals surface area contributed by atoms with Gasteiger partial charge in [-0.2, -0.15) is 0 Å². The molecule has 2 aliphatic rings. The van der Waals surface area contributed by atoms with Gasteiger partial charge in [0, 0.05) is 57.2 Å². The normalized spacial score (nSPS) is 21.2. The third-order valence-electron chi connectivity index (χ3n) is 5.41. The summed E-state index contributed by atoms with van der Waals surface area (Å²) in [7, 11) is 1.84. The molecule has 3 rings (SSSR count). The molecule has 1 aromatic rings. The summed E-state index contributed by atoms with van der Waals surface area (Å²) in [5.41, 5.74) is 1.32. The Hall–Kier alpha value is -1.66. The smallest absolute Gasteiger partial charge is 0.191 e. The molecule has 0 amide bonds. The number of pyridine rings is 1. The molecule has 1 aromatic heterocycles. The number of guanidine groups is 1. The molecule has 2 aliphatic heterocycles. The van der Waals surface area contributed by atoms with Crippen LogP contribution in [0.5, 0.6) is 0 Å². The molecule has 0 unspecified atom stereocenters. The average Bonchev–Trinajstić information content (AvgIpc) is 3.21. The van der Waals surface area contributed by atoms with Gasteiger partial charge in [0.1, 0.15) is 0 Å². The molecule has 0 spiro atoms. The molecule has 2 saturated heterocycles. The molecule has 25 heavy (non-hydrogen) atoms. The van der Waals surface area contributed by atoms with Gasteiger partial charge in [-0.15, -0.1) is 0 Å². The van der Waals surface area contributed by atoms with E-state index in [0.717, 1.165) is 57.2 Å². The van der Waals surface area contributed by atoms with Crippen molar-refractivity contribution < 1.29 is 4.74 Å². The molecule has 0 radical (unpaired) electrons. The van der Waals surface area contributed by atoms with Crippen molar-refractivity contribution in [2.75, 3.05) is 46.4 Å².